The smallest absolute Gasteiger partial charge is 0.191 e. The Labute approximate surface area is 175 Å². The molecular weight excluding hydrogens is 365 g/mol. The molecule has 2 fully saturated rings. The van der Waals surface area contributed by atoms with Crippen LogP contribution in [0.15, 0.2) is 29.3 Å². The van der Waals surface area contributed by atoms with E-state index in [9.17, 15) is 4.39 Å². The fraction of sp³-hybridized carbons (Fsp3) is 0.696. The van der Waals surface area contributed by atoms with Crippen LogP contribution in [0.1, 0.15) is 44.6 Å². The van der Waals surface area contributed by atoms with E-state index in [-0.39, 0.29) is 11.4 Å². The van der Waals surface area contributed by atoms with Gasteiger partial charge in [0.15, 0.2) is 5.96 Å². The first-order valence-corrected chi connectivity index (χ1v) is 11.3. The maximum atomic E-state index is 13.4. The van der Waals surface area contributed by atoms with Crippen molar-refractivity contribution in [2.45, 2.75) is 51.0 Å². The first-order valence-electron chi connectivity index (χ1n) is 11.3. The first kappa shape index (κ1) is 22.0. The number of rotatable bonds is 7. The van der Waals surface area contributed by atoms with Gasteiger partial charge in [0.1, 0.15) is 5.82 Å². The van der Waals surface area contributed by atoms with Crippen molar-refractivity contribution in [1.82, 2.24) is 20.4 Å². The van der Waals surface area contributed by atoms with Crippen molar-refractivity contribution in [3.8, 4) is 0 Å². The molecule has 5 nitrogen and oxygen atoms in total. The Bertz CT molecular complexity index is 648. The van der Waals surface area contributed by atoms with Crippen molar-refractivity contribution < 1.29 is 4.39 Å². The summed E-state index contributed by atoms with van der Waals surface area (Å²) in [6, 6.07) is 6.84. The Balaban J connectivity index is 1.62. The number of nitrogens with one attached hydrogen (secondary N) is 2. The summed E-state index contributed by atoms with van der Waals surface area (Å²) in [5.74, 6) is 0.702. The second-order valence-corrected chi connectivity index (χ2v) is 8.58. The van der Waals surface area contributed by atoms with Gasteiger partial charge < -0.3 is 15.5 Å². The van der Waals surface area contributed by atoms with Crippen LogP contribution in [0.2, 0.25) is 0 Å². The number of aliphatic imine (C=N–C) groups is 1. The Morgan fingerprint density at radius 2 is 1.86 bits per heavy atom. The van der Waals surface area contributed by atoms with E-state index in [1.54, 1.807) is 12.1 Å². The van der Waals surface area contributed by atoms with E-state index < -0.39 is 0 Å². The highest BCUT2D eigenvalue weighted by Gasteiger charge is 2.39. The van der Waals surface area contributed by atoms with Crippen LogP contribution in [0, 0.1) is 5.82 Å². The van der Waals surface area contributed by atoms with Crippen molar-refractivity contribution in [2.24, 2.45) is 4.99 Å². The lowest BCUT2D eigenvalue weighted by Gasteiger charge is -2.49. The highest BCUT2D eigenvalue weighted by Crippen LogP contribution is 2.31. The van der Waals surface area contributed by atoms with Gasteiger partial charge in [-0.2, -0.15) is 0 Å². The summed E-state index contributed by atoms with van der Waals surface area (Å²) in [6.07, 6.45) is 7.15. The zero-order valence-corrected chi connectivity index (χ0v) is 18.2. The monoisotopic (exact) mass is 403 g/mol. The van der Waals surface area contributed by atoms with Crippen LogP contribution in [0.5, 0.6) is 0 Å². The minimum atomic E-state index is -0.172. The number of piperidine rings is 2. The highest BCUT2D eigenvalue weighted by atomic mass is 19.1. The molecule has 0 unspecified atom stereocenters. The molecule has 0 spiro atoms. The molecule has 3 rings (SSSR count). The van der Waals surface area contributed by atoms with Crippen LogP contribution in [0.3, 0.4) is 0 Å². The number of hydrogen-bond acceptors (Lipinski definition) is 3. The van der Waals surface area contributed by atoms with Crippen LogP contribution in [0.25, 0.3) is 0 Å². The van der Waals surface area contributed by atoms with Crippen molar-refractivity contribution in [3.05, 3.63) is 35.6 Å². The van der Waals surface area contributed by atoms with Crippen LogP contribution in [0.4, 0.5) is 4.39 Å². The lowest BCUT2D eigenvalue weighted by molar-refractivity contribution is 0.0208. The Hall–Kier alpha value is -1.66. The van der Waals surface area contributed by atoms with Gasteiger partial charge in [-0.15, -0.1) is 0 Å². The van der Waals surface area contributed by atoms with Crippen molar-refractivity contribution in [2.75, 3.05) is 52.9 Å². The maximum Gasteiger partial charge on any atom is 0.191 e. The van der Waals surface area contributed by atoms with Crippen LogP contribution in [-0.4, -0.2) is 74.2 Å². The SMILES string of the molecule is CCNC(=NCC1(N2CCCCC2)CCN(C)CC1)NCCc1cccc(F)c1. The van der Waals surface area contributed by atoms with Crippen LogP contribution in [-0.2, 0) is 6.42 Å². The lowest BCUT2D eigenvalue weighted by atomic mass is 9.84. The molecule has 1 aromatic carbocycles. The van der Waals surface area contributed by atoms with Crippen molar-refractivity contribution in [1.29, 1.82) is 0 Å². The molecule has 29 heavy (non-hydrogen) atoms. The molecule has 2 aliphatic rings. The molecule has 0 atom stereocenters. The van der Waals surface area contributed by atoms with Gasteiger partial charge in [-0.3, -0.25) is 9.89 Å². The summed E-state index contributed by atoms with van der Waals surface area (Å²) in [7, 11) is 2.22. The maximum absolute atomic E-state index is 13.4. The molecule has 0 aliphatic carbocycles. The molecule has 0 radical (unpaired) electrons. The van der Waals surface area contributed by atoms with E-state index in [1.807, 2.05) is 6.07 Å². The third-order valence-electron chi connectivity index (χ3n) is 6.42. The normalized spacial score (nSPS) is 21.1. The number of hydrogen-bond donors (Lipinski definition) is 2. The van der Waals surface area contributed by atoms with E-state index in [2.05, 4.69) is 34.4 Å². The third kappa shape index (κ3) is 6.41. The predicted octanol–water partition coefficient (Wildman–Crippen LogP) is 2.87. The molecule has 162 valence electrons. The van der Waals surface area contributed by atoms with Gasteiger partial charge in [-0.05, 0) is 90.0 Å². The van der Waals surface area contributed by atoms with Gasteiger partial charge in [0.2, 0.25) is 0 Å². The summed E-state index contributed by atoms with van der Waals surface area (Å²) in [4.78, 5) is 10.2. The fourth-order valence-electron chi connectivity index (χ4n) is 4.56. The van der Waals surface area contributed by atoms with Gasteiger partial charge >= 0.3 is 0 Å². The number of guanidine groups is 1. The molecular formula is C23H38FN5. The zero-order chi connectivity index (χ0) is 20.5. The van der Waals surface area contributed by atoms with Gasteiger partial charge in [0, 0.05) is 18.6 Å². The van der Waals surface area contributed by atoms with E-state index in [1.165, 1.54) is 51.3 Å². The molecule has 0 saturated carbocycles. The van der Waals surface area contributed by atoms with Gasteiger partial charge in [-0.25, -0.2) is 4.39 Å². The topological polar surface area (TPSA) is 42.9 Å². The summed E-state index contributed by atoms with van der Waals surface area (Å²) >= 11 is 0. The van der Waals surface area contributed by atoms with Crippen molar-refractivity contribution in [3.63, 3.8) is 0 Å². The number of likely N-dealkylation sites (tertiary alicyclic amines) is 2. The first-order chi connectivity index (χ1) is 14.1. The quantitative estimate of drug-likeness (QED) is 0.543. The molecule has 2 heterocycles. The molecule has 2 N–H and O–H groups in total. The fourth-order valence-corrected chi connectivity index (χ4v) is 4.56. The Morgan fingerprint density at radius 3 is 2.55 bits per heavy atom. The zero-order valence-electron chi connectivity index (χ0n) is 18.2. The Morgan fingerprint density at radius 1 is 1.10 bits per heavy atom. The van der Waals surface area contributed by atoms with Crippen LogP contribution < -0.4 is 10.6 Å². The summed E-state index contributed by atoms with van der Waals surface area (Å²) < 4.78 is 13.4. The molecule has 2 saturated heterocycles. The molecule has 0 aromatic heterocycles. The average Bonchev–Trinajstić information content (AvgIpc) is 2.74. The molecule has 1 aromatic rings. The van der Waals surface area contributed by atoms with Gasteiger partial charge in [-0.1, -0.05) is 18.6 Å². The second-order valence-electron chi connectivity index (χ2n) is 8.58. The molecule has 0 amide bonds. The minimum Gasteiger partial charge on any atom is -0.357 e. The number of benzene rings is 1. The number of halogens is 1. The lowest BCUT2D eigenvalue weighted by Crippen LogP contribution is -2.58. The Kier molecular flexibility index (Phi) is 8.30. The second kappa shape index (κ2) is 10.9. The molecule has 0 bridgehead atoms. The van der Waals surface area contributed by atoms with E-state index in [0.29, 0.717) is 0 Å². The van der Waals surface area contributed by atoms with Crippen LogP contribution >= 0.6 is 0 Å². The van der Waals surface area contributed by atoms with E-state index >= 15 is 0 Å². The standard InChI is InChI=1S/C23H38FN5/c1-3-25-22(26-13-10-20-8-7-9-21(24)18-20)27-19-23(11-16-28(2)17-12-23)29-14-5-4-6-15-29/h7-9,18H,3-6,10-17,19H2,1-2H3,(H2,25,26,27). The molecule has 6 heteroatoms. The van der Waals surface area contributed by atoms with E-state index in [0.717, 1.165) is 50.7 Å². The van der Waals surface area contributed by atoms with Gasteiger partial charge in [0.05, 0.1) is 6.54 Å². The third-order valence-corrected chi connectivity index (χ3v) is 6.42. The minimum absolute atomic E-state index is 0.172. The number of nitrogens with zero attached hydrogens (tertiary/aromatic N) is 3. The summed E-state index contributed by atoms with van der Waals surface area (Å²) in [5.41, 5.74) is 1.20. The van der Waals surface area contributed by atoms with E-state index in [4.69, 9.17) is 4.99 Å². The summed E-state index contributed by atoms with van der Waals surface area (Å²) in [5, 5.41) is 6.83. The summed E-state index contributed by atoms with van der Waals surface area (Å²) in [6.45, 7) is 9.24. The van der Waals surface area contributed by atoms with Gasteiger partial charge in [0.25, 0.3) is 0 Å². The average molecular weight is 404 g/mol. The predicted molar refractivity (Wildman–Crippen MR) is 119 cm³/mol. The largest absolute Gasteiger partial charge is 0.357 e. The highest BCUT2D eigenvalue weighted by molar-refractivity contribution is 5.79. The van der Waals surface area contributed by atoms with Crippen molar-refractivity contribution >= 4 is 5.96 Å². The molecule has 2 aliphatic heterocycles.